The Hall–Kier alpha value is -0.300. The lowest BCUT2D eigenvalue weighted by atomic mass is 10.1. The Balaban J connectivity index is -0.000000586. The molecule has 0 unspecified atom stereocenters. The lowest BCUT2D eigenvalue weighted by Gasteiger charge is -2.39. The van der Waals surface area contributed by atoms with Gasteiger partial charge in [-0.25, -0.2) is 16.8 Å². The van der Waals surface area contributed by atoms with Crippen LogP contribution in [0, 0.1) is 0 Å². The molecule has 43 heavy (non-hydrogen) atoms. The molecule has 0 atom stereocenters. The summed E-state index contributed by atoms with van der Waals surface area (Å²) >= 11 is 0. The van der Waals surface area contributed by atoms with Gasteiger partial charge in [0.1, 0.15) is 0 Å². The zero-order chi connectivity index (χ0) is 33.7. The second kappa shape index (κ2) is 29.1. The van der Waals surface area contributed by atoms with Crippen molar-refractivity contribution in [2.45, 2.75) is 158 Å². The molecule has 0 aliphatic carbocycles. The molecule has 0 fully saturated rings. The largest absolute Gasteiger partial charge is 0.725 e. The number of quaternary nitrogens is 2. The van der Waals surface area contributed by atoms with Crippen LogP contribution >= 0.6 is 0 Å². The predicted molar refractivity (Wildman–Crippen MR) is 179 cm³/mol. The van der Waals surface area contributed by atoms with Crippen molar-refractivity contribution < 1.29 is 38.5 Å². The van der Waals surface area contributed by atoms with E-state index in [1.807, 2.05) is 0 Å². The van der Waals surface area contributed by atoms with E-state index in [0.717, 1.165) is 0 Å². The van der Waals surface area contributed by atoms with Gasteiger partial charge >= 0.3 is 0 Å². The molecule has 0 rings (SSSR count). The van der Waals surface area contributed by atoms with Gasteiger partial charge in [0, 0.05) is 0 Å². The van der Waals surface area contributed by atoms with Gasteiger partial charge in [-0.3, -0.25) is 0 Å². The molecule has 0 spiro atoms. The molecule has 0 aromatic heterocycles. The standard InChI is InChI=1S/2C16H36N.H2O7S2/c2*1-5-9-13-17(14-10-6-2,15-11-7-3)16-12-8-4;1-8(2,3)7-9(4,5)6/h2*5-16H2,1-4H3;(H,1,2,3)(H,4,5,6)/q2*+1;/p-2. The van der Waals surface area contributed by atoms with Crippen molar-refractivity contribution in [1.82, 2.24) is 0 Å². The average Bonchev–Trinajstić information content (AvgIpc) is 2.94. The topological polar surface area (TPSA) is 124 Å². The number of rotatable bonds is 26. The summed E-state index contributed by atoms with van der Waals surface area (Å²) in [4.78, 5) is 0. The van der Waals surface area contributed by atoms with Crippen LogP contribution < -0.4 is 0 Å². The number of nitrogens with zero attached hydrogens (tertiary/aromatic N) is 2. The minimum absolute atomic E-state index is 1.35. The van der Waals surface area contributed by atoms with Crippen molar-refractivity contribution in [3.63, 3.8) is 0 Å². The van der Waals surface area contributed by atoms with Crippen molar-refractivity contribution in [3.8, 4) is 0 Å². The van der Waals surface area contributed by atoms with Crippen LogP contribution in [0.3, 0.4) is 0 Å². The van der Waals surface area contributed by atoms with Crippen LogP contribution in [0.4, 0.5) is 0 Å². The van der Waals surface area contributed by atoms with Crippen LogP contribution in [0.25, 0.3) is 0 Å². The van der Waals surface area contributed by atoms with Gasteiger partial charge in [-0.15, -0.1) is 0 Å². The molecule has 0 aromatic carbocycles. The van der Waals surface area contributed by atoms with Crippen LogP contribution in [0.15, 0.2) is 0 Å². The van der Waals surface area contributed by atoms with E-state index in [2.05, 4.69) is 59.0 Å². The van der Waals surface area contributed by atoms with Gasteiger partial charge < -0.3 is 18.1 Å². The lowest BCUT2D eigenvalue weighted by molar-refractivity contribution is -0.929. The fraction of sp³-hybridized carbons (Fsp3) is 1.00. The molecule has 0 radical (unpaired) electrons. The zero-order valence-electron chi connectivity index (χ0n) is 29.5. The van der Waals surface area contributed by atoms with Gasteiger partial charge in [-0.1, -0.05) is 107 Å². The highest BCUT2D eigenvalue weighted by Gasteiger charge is 2.25. The quantitative estimate of drug-likeness (QED) is 0.0524. The Bertz CT molecular complexity index is 666. The molecule has 0 aromatic rings. The third kappa shape index (κ3) is 31.5. The summed E-state index contributed by atoms with van der Waals surface area (Å²) in [7, 11) is -10.9. The Morgan fingerprint density at radius 3 is 0.581 bits per heavy atom. The summed E-state index contributed by atoms with van der Waals surface area (Å²) in [5.74, 6) is 0. The molecule has 0 N–H and O–H groups in total. The van der Waals surface area contributed by atoms with E-state index in [4.69, 9.17) is 0 Å². The summed E-state index contributed by atoms with van der Waals surface area (Å²) in [6.45, 7) is 30.0. The van der Waals surface area contributed by atoms with Crippen LogP contribution in [-0.2, 0) is 24.4 Å². The molecule has 9 nitrogen and oxygen atoms in total. The highest BCUT2D eigenvalue weighted by molar-refractivity contribution is 7.94. The predicted octanol–water partition coefficient (Wildman–Crippen LogP) is 7.93. The van der Waals surface area contributed by atoms with E-state index in [9.17, 15) is 25.9 Å². The Morgan fingerprint density at radius 2 is 0.512 bits per heavy atom. The van der Waals surface area contributed by atoms with Crippen LogP contribution in [0.5, 0.6) is 0 Å². The van der Waals surface area contributed by atoms with Crippen molar-refractivity contribution in [2.75, 3.05) is 52.4 Å². The van der Waals surface area contributed by atoms with Gasteiger partial charge in [-0.2, -0.15) is 3.63 Å². The summed E-state index contributed by atoms with van der Waals surface area (Å²) in [5.41, 5.74) is 0. The maximum Gasteiger partial charge on any atom is 0.231 e. The number of hydrogen-bond donors (Lipinski definition) is 0. The molecule has 0 saturated heterocycles. The second-order valence-corrected chi connectivity index (χ2v) is 14.4. The molecule has 0 saturated carbocycles. The van der Waals surface area contributed by atoms with Crippen molar-refractivity contribution in [3.05, 3.63) is 0 Å². The molecule has 0 aliphatic heterocycles. The van der Waals surface area contributed by atoms with E-state index < -0.39 is 20.8 Å². The third-order valence-electron chi connectivity index (χ3n) is 8.05. The van der Waals surface area contributed by atoms with Crippen LogP contribution in [0.2, 0.25) is 0 Å². The van der Waals surface area contributed by atoms with E-state index >= 15 is 0 Å². The maximum absolute atomic E-state index is 9.29. The van der Waals surface area contributed by atoms with Crippen LogP contribution in [0.1, 0.15) is 158 Å². The average molecular weight is 661 g/mol. The summed E-state index contributed by atoms with van der Waals surface area (Å²) < 4.78 is 61.0. The highest BCUT2D eigenvalue weighted by atomic mass is 32.3. The molecule has 0 aliphatic rings. The maximum atomic E-state index is 9.29. The first-order chi connectivity index (χ1) is 20.2. The van der Waals surface area contributed by atoms with Gasteiger partial charge in [0.25, 0.3) is 0 Å². The minimum atomic E-state index is -5.43. The van der Waals surface area contributed by atoms with Crippen LogP contribution in [-0.4, -0.2) is 87.3 Å². The fourth-order valence-corrected chi connectivity index (χ4v) is 6.21. The van der Waals surface area contributed by atoms with E-state index in [-0.39, 0.29) is 0 Å². The van der Waals surface area contributed by atoms with Gasteiger partial charge in [0.05, 0.1) is 52.4 Å². The molecule has 264 valence electrons. The number of unbranched alkanes of at least 4 members (excludes halogenated alkanes) is 8. The Labute approximate surface area is 269 Å². The number of hydrogen-bond acceptors (Lipinski definition) is 7. The minimum Gasteiger partial charge on any atom is -0.725 e. The molecular formula is C32H72N2O7S2. The third-order valence-corrected chi connectivity index (χ3v) is 9.39. The smallest absolute Gasteiger partial charge is 0.231 e. The van der Waals surface area contributed by atoms with Gasteiger partial charge in [0.15, 0.2) is 0 Å². The van der Waals surface area contributed by atoms with E-state index in [1.54, 1.807) is 0 Å². The monoisotopic (exact) mass is 660 g/mol. The summed E-state index contributed by atoms with van der Waals surface area (Å²) in [6.07, 6.45) is 22.1. The highest BCUT2D eigenvalue weighted by Crippen LogP contribution is 2.17. The van der Waals surface area contributed by atoms with Crippen molar-refractivity contribution in [2.24, 2.45) is 0 Å². The molecule has 0 amide bonds. The summed E-state index contributed by atoms with van der Waals surface area (Å²) in [6, 6.07) is 0. The SMILES string of the molecule is CCCC[N+](CCCC)(CCCC)CCCC.CCCC[N+](CCCC)(CCCC)CCCC.O=S(=O)([O-])OS(=O)(=O)[O-]. The zero-order valence-corrected chi connectivity index (χ0v) is 31.2. The first kappa shape index (κ1) is 47.1. The van der Waals surface area contributed by atoms with Gasteiger partial charge in [0.2, 0.25) is 20.8 Å². The van der Waals surface area contributed by atoms with E-state index in [0.29, 0.717) is 0 Å². The first-order valence-corrected chi connectivity index (χ1v) is 20.2. The van der Waals surface area contributed by atoms with E-state index in [1.165, 1.54) is 164 Å². The van der Waals surface area contributed by atoms with Crippen molar-refractivity contribution in [1.29, 1.82) is 0 Å². The lowest BCUT2D eigenvalue weighted by Crippen LogP contribution is -2.50. The Morgan fingerprint density at radius 1 is 0.372 bits per heavy atom. The fourth-order valence-electron chi connectivity index (χ4n) is 5.39. The molecule has 0 bridgehead atoms. The molecule has 0 heterocycles. The molecule has 11 heteroatoms. The van der Waals surface area contributed by atoms with Crippen molar-refractivity contribution >= 4 is 20.8 Å². The first-order valence-electron chi connectivity index (χ1n) is 17.5. The normalized spacial score (nSPS) is 12.3. The second-order valence-electron chi connectivity index (χ2n) is 12.2. The summed E-state index contributed by atoms with van der Waals surface area (Å²) in [5, 5.41) is 0. The Kier molecular flexibility index (Phi) is 31.9. The van der Waals surface area contributed by atoms with Gasteiger partial charge in [-0.05, 0) is 51.4 Å². The molecular weight excluding hydrogens is 588 g/mol.